The Bertz CT molecular complexity index is 448. The number of aromatic nitrogens is 1. The second-order valence-corrected chi connectivity index (χ2v) is 2.85. The second-order valence-electron chi connectivity index (χ2n) is 2.85. The standard InChI is InChI=1S/C10H11N3O3/c1-16-10-9(13(14)15)6-8(7-12-10)4-2-3-5-11/h6-7H,3,5,11H2,1H3. The SMILES string of the molecule is COc1ncc(C#CCCN)cc1[N+](=O)[O-]. The summed E-state index contributed by atoms with van der Waals surface area (Å²) < 4.78 is 4.77. The lowest BCUT2D eigenvalue weighted by Crippen LogP contribution is -1.97. The first kappa shape index (κ1) is 11.9. The monoisotopic (exact) mass is 221 g/mol. The lowest BCUT2D eigenvalue weighted by atomic mass is 10.2. The highest BCUT2D eigenvalue weighted by Crippen LogP contribution is 2.23. The molecule has 1 rings (SSSR count). The van der Waals surface area contributed by atoms with Crippen molar-refractivity contribution in [2.45, 2.75) is 6.42 Å². The maximum atomic E-state index is 10.7. The molecule has 1 heterocycles. The molecule has 0 bridgehead atoms. The molecule has 0 unspecified atom stereocenters. The van der Waals surface area contributed by atoms with Crippen molar-refractivity contribution < 1.29 is 9.66 Å². The molecule has 0 saturated heterocycles. The quantitative estimate of drug-likeness (QED) is 0.460. The predicted octanol–water partition coefficient (Wildman–Crippen LogP) is 0.699. The van der Waals surface area contributed by atoms with E-state index in [0.717, 1.165) is 0 Å². The number of methoxy groups -OCH3 is 1. The number of hydrogen-bond donors (Lipinski definition) is 1. The number of pyridine rings is 1. The number of hydrogen-bond acceptors (Lipinski definition) is 5. The molecule has 0 radical (unpaired) electrons. The van der Waals surface area contributed by atoms with Crippen LogP contribution in [0.25, 0.3) is 0 Å². The van der Waals surface area contributed by atoms with Gasteiger partial charge < -0.3 is 10.5 Å². The predicted molar refractivity (Wildman–Crippen MR) is 58.0 cm³/mol. The topological polar surface area (TPSA) is 91.3 Å². The van der Waals surface area contributed by atoms with Crippen molar-refractivity contribution in [3.8, 4) is 17.7 Å². The Morgan fingerprint density at radius 1 is 1.69 bits per heavy atom. The Hall–Kier alpha value is -2.13. The molecule has 0 spiro atoms. The summed E-state index contributed by atoms with van der Waals surface area (Å²) in [7, 11) is 1.33. The number of nitrogens with zero attached hydrogens (tertiary/aromatic N) is 2. The Morgan fingerprint density at radius 2 is 2.44 bits per heavy atom. The molecule has 0 atom stereocenters. The molecular weight excluding hydrogens is 210 g/mol. The minimum absolute atomic E-state index is 0.0191. The van der Waals surface area contributed by atoms with E-state index in [1.807, 2.05) is 0 Å². The normalized spacial score (nSPS) is 9.12. The molecule has 16 heavy (non-hydrogen) atoms. The average Bonchev–Trinajstić information content (AvgIpc) is 2.29. The van der Waals surface area contributed by atoms with Gasteiger partial charge in [0.2, 0.25) is 0 Å². The van der Waals surface area contributed by atoms with E-state index in [0.29, 0.717) is 18.5 Å². The third kappa shape index (κ3) is 2.93. The van der Waals surface area contributed by atoms with Crippen LogP contribution in [0.5, 0.6) is 5.88 Å². The van der Waals surface area contributed by atoms with Crippen LogP contribution in [0.15, 0.2) is 12.3 Å². The molecule has 1 aromatic rings. The van der Waals surface area contributed by atoms with Crippen molar-refractivity contribution in [3.63, 3.8) is 0 Å². The van der Waals surface area contributed by atoms with Crippen LogP contribution in [0.2, 0.25) is 0 Å². The number of nitro groups is 1. The van der Waals surface area contributed by atoms with Crippen molar-refractivity contribution in [3.05, 3.63) is 27.9 Å². The molecule has 0 aliphatic rings. The van der Waals surface area contributed by atoms with Crippen LogP contribution in [0.3, 0.4) is 0 Å². The zero-order valence-electron chi connectivity index (χ0n) is 8.77. The second kappa shape index (κ2) is 5.68. The first-order chi connectivity index (χ1) is 7.69. The van der Waals surface area contributed by atoms with Gasteiger partial charge >= 0.3 is 5.69 Å². The summed E-state index contributed by atoms with van der Waals surface area (Å²) in [6, 6.07) is 1.33. The van der Waals surface area contributed by atoms with Gasteiger partial charge in [0.05, 0.1) is 12.0 Å². The van der Waals surface area contributed by atoms with Crippen molar-refractivity contribution in [1.82, 2.24) is 4.98 Å². The maximum absolute atomic E-state index is 10.7. The zero-order chi connectivity index (χ0) is 12.0. The largest absolute Gasteiger partial charge is 0.476 e. The van der Waals surface area contributed by atoms with Gasteiger partial charge in [-0.05, 0) is 0 Å². The molecule has 0 saturated carbocycles. The Morgan fingerprint density at radius 3 is 3.00 bits per heavy atom. The average molecular weight is 221 g/mol. The third-order valence-electron chi connectivity index (χ3n) is 1.72. The van der Waals surface area contributed by atoms with E-state index in [9.17, 15) is 10.1 Å². The van der Waals surface area contributed by atoms with E-state index < -0.39 is 4.92 Å². The fourth-order valence-corrected chi connectivity index (χ4v) is 1.03. The van der Waals surface area contributed by atoms with Crippen LogP contribution in [0, 0.1) is 22.0 Å². The van der Waals surface area contributed by atoms with E-state index in [1.54, 1.807) is 0 Å². The minimum atomic E-state index is -0.556. The van der Waals surface area contributed by atoms with Gasteiger partial charge in [-0.25, -0.2) is 4.98 Å². The molecule has 84 valence electrons. The fourth-order valence-electron chi connectivity index (χ4n) is 1.03. The molecule has 1 aromatic heterocycles. The van der Waals surface area contributed by atoms with Crippen LogP contribution < -0.4 is 10.5 Å². The maximum Gasteiger partial charge on any atom is 0.332 e. The summed E-state index contributed by atoms with van der Waals surface area (Å²) in [6.07, 6.45) is 1.97. The number of rotatable bonds is 3. The van der Waals surface area contributed by atoms with Gasteiger partial charge in [-0.3, -0.25) is 10.1 Å². The lowest BCUT2D eigenvalue weighted by Gasteiger charge is -1.99. The smallest absolute Gasteiger partial charge is 0.332 e. The first-order valence-corrected chi connectivity index (χ1v) is 4.56. The summed E-state index contributed by atoms with van der Waals surface area (Å²) in [5, 5.41) is 10.7. The van der Waals surface area contributed by atoms with Crippen LogP contribution in [0.1, 0.15) is 12.0 Å². The highest BCUT2D eigenvalue weighted by Gasteiger charge is 2.16. The first-order valence-electron chi connectivity index (χ1n) is 4.56. The lowest BCUT2D eigenvalue weighted by molar-refractivity contribution is -0.386. The van der Waals surface area contributed by atoms with Crippen molar-refractivity contribution >= 4 is 5.69 Å². The van der Waals surface area contributed by atoms with Gasteiger partial charge in [-0.1, -0.05) is 11.8 Å². The minimum Gasteiger partial charge on any atom is -0.476 e. The Kier molecular flexibility index (Phi) is 4.24. The molecule has 6 nitrogen and oxygen atoms in total. The van der Waals surface area contributed by atoms with Gasteiger partial charge in [0.1, 0.15) is 0 Å². The highest BCUT2D eigenvalue weighted by atomic mass is 16.6. The summed E-state index contributed by atoms with van der Waals surface area (Å²) in [5.74, 6) is 5.50. The van der Waals surface area contributed by atoms with Gasteiger partial charge in [0.15, 0.2) is 0 Å². The zero-order valence-corrected chi connectivity index (χ0v) is 8.77. The summed E-state index contributed by atoms with van der Waals surface area (Å²) in [5.41, 5.74) is 5.55. The summed E-state index contributed by atoms with van der Waals surface area (Å²) >= 11 is 0. The van der Waals surface area contributed by atoms with E-state index in [2.05, 4.69) is 16.8 Å². The molecule has 0 amide bonds. The van der Waals surface area contributed by atoms with Crippen LogP contribution in [-0.4, -0.2) is 23.6 Å². The highest BCUT2D eigenvalue weighted by molar-refractivity contribution is 5.47. The third-order valence-corrected chi connectivity index (χ3v) is 1.72. The van der Waals surface area contributed by atoms with E-state index in [4.69, 9.17) is 10.5 Å². The Labute approximate surface area is 92.6 Å². The molecule has 6 heteroatoms. The van der Waals surface area contributed by atoms with Crippen LogP contribution in [-0.2, 0) is 0 Å². The van der Waals surface area contributed by atoms with Crippen LogP contribution >= 0.6 is 0 Å². The Balaban J connectivity index is 3.04. The van der Waals surface area contributed by atoms with E-state index in [-0.39, 0.29) is 11.6 Å². The van der Waals surface area contributed by atoms with E-state index in [1.165, 1.54) is 19.4 Å². The molecule has 0 aliphatic heterocycles. The fraction of sp³-hybridized carbons (Fsp3) is 0.300. The van der Waals surface area contributed by atoms with Crippen molar-refractivity contribution in [1.29, 1.82) is 0 Å². The summed E-state index contributed by atoms with van der Waals surface area (Å²) in [6.45, 7) is 0.457. The molecule has 2 N–H and O–H groups in total. The van der Waals surface area contributed by atoms with Crippen molar-refractivity contribution in [2.24, 2.45) is 5.73 Å². The molecule has 0 aliphatic carbocycles. The van der Waals surface area contributed by atoms with Crippen LogP contribution in [0.4, 0.5) is 5.69 Å². The van der Waals surface area contributed by atoms with Gasteiger partial charge in [0.25, 0.3) is 5.88 Å². The van der Waals surface area contributed by atoms with Gasteiger partial charge in [-0.15, -0.1) is 0 Å². The van der Waals surface area contributed by atoms with E-state index >= 15 is 0 Å². The molecular formula is C10H11N3O3. The van der Waals surface area contributed by atoms with Gasteiger partial charge in [0, 0.05) is 30.8 Å². The summed E-state index contributed by atoms with van der Waals surface area (Å²) in [4.78, 5) is 13.9. The number of ether oxygens (including phenoxy) is 1. The van der Waals surface area contributed by atoms with Gasteiger partial charge in [-0.2, -0.15) is 0 Å². The molecule has 0 aromatic carbocycles. The molecule has 0 fully saturated rings. The van der Waals surface area contributed by atoms with Crippen molar-refractivity contribution in [2.75, 3.05) is 13.7 Å². The number of nitrogens with two attached hydrogens (primary N) is 1.